The molecule has 4 nitrogen and oxygen atoms in total. The van der Waals surface area contributed by atoms with Crippen LogP contribution in [0.3, 0.4) is 0 Å². The summed E-state index contributed by atoms with van der Waals surface area (Å²) in [6.07, 6.45) is 14.9. The first-order chi connectivity index (χ1) is 9.06. The summed E-state index contributed by atoms with van der Waals surface area (Å²) in [6, 6.07) is 0. The molecule has 0 atom stereocenters. The quantitative estimate of drug-likeness (QED) is 0.292. The van der Waals surface area contributed by atoms with Crippen molar-refractivity contribution in [3.63, 3.8) is 0 Å². The largest absolute Gasteiger partial charge is 1.00 e. The summed E-state index contributed by atoms with van der Waals surface area (Å²) in [5, 5.41) is 0. The predicted molar refractivity (Wildman–Crippen MR) is 80.2 cm³/mol. The molecular formula is C14H32NaO4P. The molecule has 0 aliphatic carbocycles. The Bertz CT molecular complexity index is 239. The third kappa shape index (κ3) is 21.4. The molecule has 0 unspecified atom stereocenters. The number of phosphoric ester groups is 1. The summed E-state index contributed by atoms with van der Waals surface area (Å²) in [4.78, 5) is 17.0. The third-order valence-corrected chi connectivity index (χ3v) is 3.78. The van der Waals surface area contributed by atoms with Crippen LogP contribution in [0.15, 0.2) is 0 Å². The summed E-state index contributed by atoms with van der Waals surface area (Å²) in [7, 11) is -4.25. The van der Waals surface area contributed by atoms with Gasteiger partial charge in [-0.15, -0.1) is 0 Å². The zero-order valence-electron chi connectivity index (χ0n) is 14.4. The van der Waals surface area contributed by atoms with Crippen LogP contribution in [0.2, 0.25) is 0 Å². The van der Waals surface area contributed by atoms with Gasteiger partial charge in [0.05, 0.1) is 6.61 Å². The molecule has 0 aliphatic heterocycles. The van der Waals surface area contributed by atoms with Crippen LogP contribution < -0.4 is 29.6 Å². The molecule has 0 saturated heterocycles. The molecule has 20 heavy (non-hydrogen) atoms. The number of hydrogen-bond acceptors (Lipinski definition) is 2. The zero-order chi connectivity index (χ0) is 14.4. The minimum Gasteiger partial charge on any atom is -1.00 e. The van der Waals surface area contributed by atoms with Crippen LogP contribution in [0, 0.1) is 0 Å². The van der Waals surface area contributed by atoms with E-state index in [1.165, 1.54) is 57.8 Å². The number of rotatable bonds is 14. The zero-order valence-corrected chi connectivity index (χ0v) is 16.2. The summed E-state index contributed by atoms with van der Waals surface area (Å²) in [6.45, 7) is 2.41. The van der Waals surface area contributed by atoms with E-state index in [1.54, 1.807) is 0 Å². The van der Waals surface area contributed by atoms with E-state index in [2.05, 4.69) is 11.4 Å². The molecule has 0 fully saturated rings. The summed E-state index contributed by atoms with van der Waals surface area (Å²) < 4.78 is 14.8. The number of phosphoric acid groups is 1. The molecule has 0 aromatic carbocycles. The van der Waals surface area contributed by atoms with E-state index in [4.69, 9.17) is 9.79 Å². The van der Waals surface area contributed by atoms with Crippen LogP contribution in [-0.4, -0.2) is 16.4 Å². The molecule has 0 radical (unpaired) electrons. The van der Waals surface area contributed by atoms with Crippen molar-refractivity contribution in [1.82, 2.24) is 0 Å². The van der Waals surface area contributed by atoms with Crippen LogP contribution in [-0.2, 0) is 9.09 Å². The smallest absolute Gasteiger partial charge is 1.00 e. The predicted octanol–water partition coefficient (Wildman–Crippen LogP) is 1.91. The fourth-order valence-electron chi connectivity index (χ4n) is 2.13. The van der Waals surface area contributed by atoms with Gasteiger partial charge in [0, 0.05) is 0 Å². The Hall–Kier alpha value is 1.11. The van der Waals surface area contributed by atoms with E-state index in [0.717, 1.165) is 19.3 Å². The normalized spacial score (nSPS) is 11.3. The fraction of sp³-hybridized carbons (Fsp3) is 1.00. The second kappa shape index (κ2) is 16.5. The van der Waals surface area contributed by atoms with Gasteiger partial charge in [0.25, 0.3) is 0 Å². The minimum absolute atomic E-state index is 0. The monoisotopic (exact) mass is 318 g/mol. The Balaban J connectivity index is -0.00000162. The van der Waals surface area contributed by atoms with Crippen molar-refractivity contribution in [2.24, 2.45) is 0 Å². The molecule has 0 aliphatic rings. The van der Waals surface area contributed by atoms with Gasteiger partial charge in [0.1, 0.15) is 0 Å². The van der Waals surface area contributed by atoms with Crippen molar-refractivity contribution in [3.05, 3.63) is 0 Å². The van der Waals surface area contributed by atoms with Crippen molar-refractivity contribution in [3.8, 4) is 0 Å². The first-order valence-corrected chi connectivity index (χ1v) is 9.29. The second-order valence-electron chi connectivity index (χ2n) is 5.21. The maximum atomic E-state index is 10.4. The second-order valence-corrected chi connectivity index (χ2v) is 6.45. The number of unbranched alkanes of at least 4 members (excludes halogenated alkanes) is 11. The average Bonchev–Trinajstić information content (AvgIpc) is 2.34. The molecule has 118 valence electrons. The van der Waals surface area contributed by atoms with E-state index in [0.29, 0.717) is 0 Å². The minimum atomic E-state index is -4.25. The first kappa shape index (κ1) is 23.4. The molecule has 0 spiro atoms. The van der Waals surface area contributed by atoms with Gasteiger partial charge < -0.3 is 11.2 Å². The van der Waals surface area contributed by atoms with E-state index in [1.807, 2.05) is 0 Å². The summed E-state index contributed by atoms with van der Waals surface area (Å²) in [5.74, 6) is 0. The average molecular weight is 318 g/mol. The molecule has 2 N–H and O–H groups in total. The topological polar surface area (TPSA) is 66.8 Å². The Kier molecular flexibility index (Phi) is 19.3. The standard InChI is InChI=1S/C14H31O4P.Na.H/c1-2-3-4-5-6-7-8-9-10-11-12-13-14-18-19(15,16)17;;/h2-14H2,1H3,(H2,15,16,17);;/q;+1;-1. The van der Waals surface area contributed by atoms with Gasteiger partial charge in [-0.1, -0.05) is 77.6 Å². The van der Waals surface area contributed by atoms with Crippen LogP contribution in [0.5, 0.6) is 0 Å². The van der Waals surface area contributed by atoms with Gasteiger partial charge in [-0.05, 0) is 6.42 Å². The summed E-state index contributed by atoms with van der Waals surface area (Å²) in [5.41, 5.74) is 0. The van der Waals surface area contributed by atoms with E-state index >= 15 is 0 Å². The van der Waals surface area contributed by atoms with Gasteiger partial charge in [-0.2, -0.15) is 0 Å². The molecule has 0 bridgehead atoms. The Morgan fingerprint density at radius 2 is 1.15 bits per heavy atom. The third-order valence-electron chi connectivity index (χ3n) is 3.26. The Labute approximate surface area is 148 Å². The van der Waals surface area contributed by atoms with Crippen LogP contribution in [0.1, 0.15) is 85.4 Å². The van der Waals surface area contributed by atoms with E-state index in [9.17, 15) is 4.57 Å². The van der Waals surface area contributed by atoms with Crippen molar-refractivity contribution in [2.75, 3.05) is 6.61 Å². The van der Waals surface area contributed by atoms with E-state index < -0.39 is 7.82 Å². The Morgan fingerprint density at radius 1 is 0.800 bits per heavy atom. The van der Waals surface area contributed by atoms with Crippen LogP contribution in [0.4, 0.5) is 0 Å². The van der Waals surface area contributed by atoms with Crippen molar-refractivity contribution in [2.45, 2.75) is 84.0 Å². The SMILES string of the molecule is CCCCCCCCCCCCCCOP(=O)(O)O.[H-].[Na+]. The van der Waals surface area contributed by atoms with Gasteiger partial charge in [-0.25, -0.2) is 4.57 Å². The fourth-order valence-corrected chi connectivity index (χ4v) is 2.49. The molecule has 0 aromatic heterocycles. The van der Waals surface area contributed by atoms with Crippen molar-refractivity contribution >= 4 is 7.82 Å². The molecular weight excluding hydrogens is 286 g/mol. The first-order valence-electron chi connectivity index (χ1n) is 7.76. The molecule has 0 saturated carbocycles. The van der Waals surface area contributed by atoms with Gasteiger partial charge in [0.15, 0.2) is 0 Å². The van der Waals surface area contributed by atoms with Crippen molar-refractivity contribution in [1.29, 1.82) is 0 Å². The van der Waals surface area contributed by atoms with Gasteiger partial charge in [0.2, 0.25) is 0 Å². The van der Waals surface area contributed by atoms with Crippen molar-refractivity contribution < 1.29 is 49.9 Å². The number of hydrogen-bond donors (Lipinski definition) is 2. The molecule has 0 aromatic rings. The molecule has 0 heterocycles. The Morgan fingerprint density at radius 3 is 1.50 bits per heavy atom. The summed E-state index contributed by atoms with van der Waals surface area (Å²) >= 11 is 0. The molecule has 0 rings (SSSR count). The molecule has 6 heteroatoms. The van der Waals surface area contributed by atoms with Gasteiger partial charge in [-0.3, -0.25) is 4.52 Å². The van der Waals surface area contributed by atoms with Gasteiger partial charge >= 0.3 is 37.4 Å². The van der Waals surface area contributed by atoms with Crippen LogP contribution in [0.25, 0.3) is 0 Å². The van der Waals surface area contributed by atoms with E-state index in [-0.39, 0.29) is 37.6 Å². The maximum absolute atomic E-state index is 10.4. The van der Waals surface area contributed by atoms with Crippen LogP contribution >= 0.6 is 7.82 Å². The molecule has 0 amide bonds. The maximum Gasteiger partial charge on any atom is 1.00 e.